The maximum Gasteiger partial charge on any atom is 0.254 e. The van der Waals surface area contributed by atoms with Crippen LogP contribution in [0.3, 0.4) is 0 Å². The molecule has 2 saturated heterocycles. The average Bonchev–Trinajstić information content (AvgIpc) is 1.78. The third kappa shape index (κ3) is 1.34. The Kier molecular flexibility index (Phi) is 1.69. The summed E-state index contributed by atoms with van der Waals surface area (Å²) in [6.07, 6.45) is 1.04. The Hall–Kier alpha value is -0.610. The van der Waals surface area contributed by atoms with Gasteiger partial charge in [0.1, 0.15) is 11.2 Å². The van der Waals surface area contributed by atoms with Gasteiger partial charge < -0.3 is 14.7 Å². The second kappa shape index (κ2) is 2.45. The summed E-state index contributed by atoms with van der Waals surface area (Å²) in [4.78, 5) is 13.1. The van der Waals surface area contributed by atoms with Gasteiger partial charge >= 0.3 is 0 Å². The number of carbonyl (C=O) groups excluding carboxylic acids is 1. The predicted octanol–water partition coefficient (Wildman–Crippen LogP) is -0.241. The average molecular weight is 185 g/mol. The molecule has 74 valence electrons. The van der Waals surface area contributed by atoms with Crippen molar-refractivity contribution in [3.63, 3.8) is 0 Å². The van der Waals surface area contributed by atoms with Crippen LogP contribution in [-0.2, 0) is 9.53 Å². The van der Waals surface area contributed by atoms with Gasteiger partial charge in [0.25, 0.3) is 5.91 Å². The molecule has 1 N–H and O–H groups in total. The molecule has 0 saturated carbocycles. The van der Waals surface area contributed by atoms with Gasteiger partial charge in [-0.1, -0.05) is 0 Å². The highest BCUT2D eigenvalue weighted by atomic mass is 16.5. The molecule has 1 spiro atoms. The highest BCUT2D eigenvalue weighted by Crippen LogP contribution is 2.36. The molecule has 4 nitrogen and oxygen atoms in total. The Labute approximate surface area is 77.5 Å². The van der Waals surface area contributed by atoms with Crippen LogP contribution in [0.4, 0.5) is 0 Å². The van der Waals surface area contributed by atoms with E-state index in [1.54, 1.807) is 4.90 Å². The molecule has 2 rings (SSSR count). The van der Waals surface area contributed by atoms with Gasteiger partial charge in [-0.2, -0.15) is 0 Å². The highest BCUT2D eigenvalue weighted by molar-refractivity contribution is 5.85. The number of nitrogens with zero attached hydrogens (tertiary/aromatic N) is 1. The van der Waals surface area contributed by atoms with Crippen molar-refractivity contribution in [3.8, 4) is 0 Å². The summed E-state index contributed by atoms with van der Waals surface area (Å²) in [5.41, 5.74) is -1.29. The van der Waals surface area contributed by atoms with Gasteiger partial charge in [0.2, 0.25) is 0 Å². The van der Waals surface area contributed by atoms with Crippen LogP contribution in [-0.4, -0.2) is 46.8 Å². The van der Waals surface area contributed by atoms with Gasteiger partial charge in [0.15, 0.2) is 0 Å². The monoisotopic (exact) mass is 185 g/mol. The topological polar surface area (TPSA) is 49.8 Å². The van der Waals surface area contributed by atoms with E-state index in [-0.39, 0.29) is 11.5 Å². The Bertz CT molecular complexity index is 232. The summed E-state index contributed by atoms with van der Waals surface area (Å²) < 4.78 is 5.37. The zero-order chi connectivity index (χ0) is 9.69. The lowest BCUT2D eigenvalue weighted by atomic mass is 9.85. The van der Waals surface area contributed by atoms with Crippen LogP contribution in [0.1, 0.15) is 20.3 Å². The summed E-state index contributed by atoms with van der Waals surface area (Å²) in [5, 5.41) is 9.45. The first-order chi connectivity index (χ1) is 5.93. The van der Waals surface area contributed by atoms with Crippen LogP contribution >= 0.6 is 0 Å². The summed E-state index contributed by atoms with van der Waals surface area (Å²) in [6, 6.07) is 0. The van der Waals surface area contributed by atoms with E-state index < -0.39 is 5.60 Å². The quantitative estimate of drug-likeness (QED) is 0.613. The van der Waals surface area contributed by atoms with E-state index in [1.165, 1.54) is 13.8 Å². The highest BCUT2D eigenvalue weighted by Gasteiger charge is 2.52. The number of carbonyl (C=O) groups is 1. The van der Waals surface area contributed by atoms with Crippen LogP contribution in [0.5, 0.6) is 0 Å². The van der Waals surface area contributed by atoms with Crippen LogP contribution in [0.2, 0.25) is 0 Å². The minimum absolute atomic E-state index is 0.0408. The molecule has 0 aromatic rings. The molecule has 13 heavy (non-hydrogen) atoms. The standard InChI is InChI=1S/C9H15NO3/c1-8(2,12)7(11)10-5-9(6-10)3-4-13-9/h12H,3-6H2,1-2H3. The fraction of sp³-hybridized carbons (Fsp3) is 0.889. The van der Waals surface area contributed by atoms with Gasteiger partial charge in [-0.05, 0) is 13.8 Å². The minimum Gasteiger partial charge on any atom is -0.381 e. The molecule has 2 fully saturated rings. The normalized spacial score (nSPS) is 25.3. The molecule has 2 aliphatic rings. The number of likely N-dealkylation sites (tertiary alicyclic amines) is 1. The van der Waals surface area contributed by atoms with Crippen molar-refractivity contribution in [2.24, 2.45) is 0 Å². The first-order valence-electron chi connectivity index (χ1n) is 4.59. The van der Waals surface area contributed by atoms with E-state index in [4.69, 9.17) is 4.74 Å². The van der Waals surface area contributed by atoms with E-state index in [9.17, 15) is 9.90 Å². The third-order valence-electron chi connectivity index (χ3n) is 2.73. The molecular weight excluding hydrogens is 170 g/mol. The third-order valence-corrected chi connectivity index (χ3v) is 2.73. The second-order valence-electron chi connectivity index (χ2n) is 4.50. The van der Waals surface area contributed by atoms with Crippen molar-refractivity contribution in [3.05, 3.63) is 0 Å². The summed E-state index contributed by atoms with van der Waals surface area (Å²) in [5.74, 6) is -0.200. The number of ether oxygens (including phenoxy) is 1. The number of amides is 1. The van der Waals surface area contributed by atoms with E-state index in [0.29, 0.717) is 13.1 Å². The van der Waals surface area contributed by atoms with Crippen LogP contribution in [0, 0.1) is 0 Å². The Morgan fingerprint density at radius 2 is 2.08 bits per heavy atom. The maximum absolute atomic E-state index is 11.5. The van der Waals surface area contributed by atoms with Crippen LogP contribution < -0.4 is 0 Å². The zero-order valence-corrected chi connectivity index (χ0v) is 8.04. The molecule has 4 heteroatoms. The SMILES string of the molecule is CC(C)(O)C(=O)N1CC2(CCO2)C1. The molecular formula is C9H15NO3. The summed E-state index contributed by atoms with van der Waals surface area (Å²) >= 11 is 0. The minimum atomic E-state index is -1.24. The fourth-order valence-electron chi connectivity index (χ4n) is 1.82. The number of rotatable bonds is 1. The molecule has 0 radical (unpaired) electrons. The summed E-state index contributed by atoms with van der Waals surface area (Å²) in [6.45, 7) is 5.14. The van der Waals surface area contributed by atoms with Gasteiger partial charge in [-0.15, -0.1) is 0 Å². The molecule has 2 aliphatic heterocycles. The van der Waals surface area contributed by atoms with Gasteiger partial charge in [-0.25, -0.2) is 0 Å². The number of hydrogen-bond acceptors (Lipinski definition) is 3. The zero-order valence-electron chi connectivity index (χ0n) is 8.04. The lowest BCUT2D eigenvalue weighted by Crippen LogP contribution is -2.71. The van der Waals surface area contributed by atoms with E-state index in [0.717, 1.165) is 13.0 Å². The smallest absolute Gasteiger partial charge is 0.254 e. The lowest BCUT2D eigenvalue weighted by molar-refractivity contribution is -0.227. The van der Waals surface area contributed by atoms with Gasteiger partial charge in [0.05, 0.1) is 19.7 Å². The lowest BCUT2D eigenvalue weighted by Gasteiger charge is -2.55. The number of hydrogen-bond donors (Lipinski definition) is 1. The van der Waals surface area contributed by atoms with Crippen molar-refractivity contribution in [1.82, 2.24) is 4.90 Å². The van der Waals surface area contributed by atoms with Crippen molar-refractivity contribution in [2.45, 2.75) is 31.5 Å². The molecule has 0 aromatic carbocycles. The van der Waals surface area contributed by atoms with E-state index in [2.05, 4.69) is 0 Å². The van der Waals surface area contributed by atoms with E-state index >= 15 is 0 Å². The Morgan fingerprint density at radius 1 is 1.54 bits per heavy atom. The molecule has 0 atom stereocenters. The molecule has 0 aromatic heterocycles. The van der Waals surface area contributed by atoms with Crippen molar-refractivity contribution < 1.29 is 14.6 Å². The van der Waals surface area contributed by atoms with Crippen molar-refractivity contribution >= 4 is 5.91 Å². The Morgan fingerprint density at radius 3 is 2.38 bits per heavy atom. The van der Waals surface area contributed by atoms with E-state index in [1.807, 2.05) is 0 Å². The maximum atomic E-state index is 11.5. The predicted molar refractivity (Wildman–Crippen MR) is 46.2 cm³/mol. The molecule has 1 amide bonds. The molecule has 0 aliphatic carbocycles. The molecule has 0 bridgehead atoms. The second-order valence-corrected chi connectivity index (χ2v) is 4.50. The van der Waals surface area contributed by atoms with Crippen LogP contribution in [0.25, 0.3) is 0 Å². The van der Waals surface area contributed by atoms with Crippen molar-refractivity contribution in [1.29, 1.82) is 0 Å². The number of aliphatic hydroxyl groups is 1. The molecule has 2 heterocycles. The van der Waals surface area contributed by atoms with Crippen LogP contribution in [0.15, 0.2) is 0 Å². The van der Waals surface area contributed by atoms with Crippen molar-refractivity contribution in [2.75, 3.05) is 19.7 Å². The first-order valence-corrected chi connectivity index (χ1v) is 4.59. The largest absolute Gasteiger partial charge is 0.381 e. The Balaban J connectivity index is 1.89. The first kappa shape index (κ1) is 8.97. The molecule has 0 unspecified atom stereocenters. The van der Waals surface area contributed by atoms with Gasteiger partial charge in [-0.3, -0.25) is 4.79 Å². The summed E-state index contributed by atoms with van der Waals surface area (Å²) in [7, 11) is 0. The fourth-order valence-corrected chi connectivity index (χ4v) is 1.82. The van der Waals surface area contributed by atoms with Gasteiger partial charge in [0, 0.05) is 6.42 Å².